The molecule has 0 aromatic heterocycles. The molecule has 2 unspecified atom stereocenters. The molecule has 0 heterocycles. The molecule has 2 rings (SSSR count). The lowest BCUT2D eigenvalue weighted by Crippen LogP contribution is -2.42. The molecule has 0 amide bonds. The Labute approximate surface area is 123 Å². The fraction of sp³-hybridized carbons (Fsp3) is 0.647. The van der Waals surface area contributed by atoms with Gasteiger partial charge in [0, 0.05) is 24.7 Å². The van der Waals surface area contributed by atoms with Crippen LogP contribution in [0, 0.1) is 0 Å². The maximum Gasteiger partial charge on any atom is 0.115 e. The SMILES string of the molecule is CC(CCc1ccc(O)cc1)NCC(C)N(C)C1CC1. The van der Waals surface area contributed by atoms with Crippen molar-refractivity contribution < 1.29 is 5.11 Å². The number of nitrogens with one attached hydrogen (secondary N) is 1. The zero-order valence-electron chi connectivity index (χ0n) is 13.0. The standard InChI is InChI=1S/C17H28N2O/c1-13(4-5-15-6-10-17(20)11-7-15)18-12-14(2)19(3)16-8-9-16/h6-7,10-11,13-14,16,18,20H,4-5,8-9,12H2,1-3H3. The Bertz CT molecular complexity index is 400. The molecule has 0 bridgehead atoms. The van der Waals surface area contributed by atoms with Gasteiger partial charge >= 0.3 is 0 Å². The average molecular weight is 276 g/mol. The minimum Gasteiger partial charge on any atom is -0.508 e. The van der Waals surface area contributed by atoms with E-state index < -0.39 is 0 Å². The Balaban J connectivity index is 1.64. The van der Waals surface area contributed by atoms with E-state index in [1.165, 1.54) is 18.4 Å². The molecule has 1 aliphatic rings. The van der Waals surface area contributed by atoms with Crippen molar-refractivity contribution in [1.29, 1.82) is 0 Å². The van der Waals surface area contributed by atoms with Gasteiger partial charge in [-0.05, 0) is 64.3 Å². The smallest absolute Gasteiger partial charge is 0.115 e. The molecule has 2 atom stereocenters. The van der Waals surface area contributed by atoms with Crippen LogP contribution in [-0.4, -0.2) is 41.7 Å². The van der Waals surface area contributed by atoms with Gasteiger partial charge in [0.1, 0.15) is 5.75 Å². The van der Waals surface area contributed by atoms with E-state index in [2.05, 4.69) is 31.1 Å². The van der Waals surface area contributed by atoms with Gasteiger partial charge in [-0.1, -0.05) is 12.1 Å². The minimum absolute atomic E-state index is 0.344. The molecule has 112 valence electrons. The molecule has 0 spiro atoms. The molecule has 3 nitrogen and oxygen atoms in total. The van der Waals surface area contributed by atoms with Crippen molar-refractivity contribution >= 4 is 0 Å². The topological polar surface area (TPSA) is 35.5 Å². The van der Waals surface area contributed by atoms with Crippen LogP contribution in [0.25, 0.3) is 0 Å². The first-order valence-corrected chi connectivity index (χ1v) is 7.79. The van der Waals surface area contributed by atoms with Gasteiger partial charge in [-0.15, -0.1) is 0 Å². The van der Waals surface area contributed by atoms with E-state index in [4.69, 9.17) is 0 Å². The molecule has 1 aliphatic carbocycles. The van der Waals surface area contributed by atoms with Crippen molar-refractivity contribution in [2.24, 2.45) is 0 Å². The summed E-state index contributed by atoms with van der Waals surface area (Å²) < 4.78 is 0. The average Bonchev–Trinajstić information content (AvgIpc) is 3.28. The highest BCUT2D eigenvalue weighted by molar-refractivity contribution is 5.25. The summed E-state index contributed by atoms with van der Waals surface area (Å²) in [5.41, 5.74) is 1.29. The lowest BCUT2D eigenvalue weighted by molar-refractivity contribution is 0.235. The molecular weight excluding hydrogens is 248 g/mol. The highest BCUT2D eigenvalue weighted by atomic mass is 16.3. The van der Waals surface area contributed by atoms with E-state index >= 15 is 0 Å². The van der Waals surface area contributed by atoms with Gasteiger partial charge in [0.05, 0.1) is 0 Å². The summed E-state index contributed by atoms with van der Waals surface area (Å²) in [7, 11) is 2.24. The first kappa shape index (κ1) is 15.3. The zero-order chi connectivity index (χ0) is 14.5. The number of phenols is 1. The molecule has 20 heavy (non-hydrogen) atoms. The fourth-order valence-corrected chi connectivity index (χ4v) is 2.51. The molecule has 1 saturated carbocycles. The predicted molar refractivity (Wildman–Crippen MR) is 84.1 cm³/mol. The Morgan fingerprint density at radius 2 is 1.90 bits per heavy atom. The first-order valence-electron chi connectivity index (χ1n) is 7.79. The monoisotopic (exact) mass is 276 g/mol. The second-order valence-electron chi connectivity index (χ2n) is 6.26. The van der Waals surface area contributed by atoms with Gasteiger partial charge in [-0.3, -0.25) is 4.90 Å². The molecule has 1 aromatic carbocycles. The van der Waals surface area contributed by atoms with Crippen molar-refractivity contribution in [2.75, 3.05) is 13.6 Å². The van der Waals surface area contributed by atoms with Gasteiger partial charge in [-0.25, -0.2) is 0 Å². The number of rotatable bonds is 8. The van der Waals surface area contributed by atoms with E-state index in [1.54, 1.807) is 12.1 Å². The summed E-state index contributed by atoms with van der Waals surface area (Å²) >= 11 is 0. The van der Waals surface area contributed by atoms with Crippen LogP contribution in [-0.2, 0) is 6.42 Å². The summed E-state index contributed by atoms with van der Waals surface area (Å²) in [6, 6.07) is 9.51. The lowest BCUT2D eigenvalue weighted by Gasteiger charge is -2.26. The Morgan fingerprint density at radius 3 is 2.50 bits per heavy atom. The number of nitrogens with zero attached hydrogens (tertiary/aromatic N) is 1. The van der Waals surface area contributed by atoms with E-state index in [-0.39, 0.29) is 0 Å². The van der Waals surface area contributed by atoms with Gasteiger partial charge in [-0.2, -0.15) is 0 Å². The molecule has 1 aromatic rings. The maximum atomic E-state index is 9.26. The summed E-state index contributed by atoms with van der Waals surface area (Å²) in [6.45, 7) is 5.62. The Morgan fingerprint density at radius 1 is 1.25 bits per heavy atom. The van der Waals surface area contributed by atoms with Crippen LogP contribution in [0.2, 0.25) is 0 Å². The molecule has 0 aliphatic heterocycles. The first-order chi connectivity index (χ1) is 9.56. The third kappa shape index (κ3) is 4.80. The van der Waals surface area contributed by atoms with Gasteiger partial charge < -0.3 is 10.4 Å². The van der Waals surface area contributed by atoms with Crippen molar-refractivity contribution in [1.82, 2.24) is 10.2 Å². The van der Waals surface area contributed by atoms with Crippen molar-refractivity contribution in [3.05, 3.63) is 29.8 Å². The Kier molecular flexibility index (Phi) is 5.44. The van der Waals surface area contributed by atoms with E-state index in [9.17, 15) is 5.11 Å². The number of phenolic OH excluding ortho intramolecular Hbond substituents is 1. The lowest BCUT2D eigenvalue weighted by atomic mass is 10.1. The summed E-state index contributed by atoms with van der Waals surface area (Å²) in [4.78, 5) is 2.50. The van der Waals surface area contributed by atoms with Crippen molar-refractivity contribution in [3.8, 4) is 5.75 Å². The normalized spacial score (nSPS) is 18.2. The number of benzene rings is 1. The summed E-state index contributed by atoms with van der Waals surface area (Å²) in [5, 5.41) is 12.9. The highest BCUT2D eigenvalue weighted by Gasteiger charge is 2.28. The van der Waals surface area contributed by atoms with Crippen molar-refractivity contribution in [3.63, 3.8) is 0 Å². The number of aromatic hydroxyl groups is 1. The maximum absolute atomic E-state index is 9.26. The van der Waals surface area contributed by atoms with Gasteiger partial charge in [0.15, 0.2) is 0 Å². The molecule has 2 N–H and O–H groups in total. The van der Waals surface area contributed by atoms with Crippen LogP contribution in [0.15, 0.2) is 24.3 Å². The van der Waals surface area contributed by atoms with Crippen LogP contribution in [0.4, 0.5) is 0 Å². The van der Waals surface area contributed by atoms with Crippen LogP contribution < -0.4 is 5.32 Å². The van der Waals surface area contributed by atoms with Gasteiger partial charge in [0.25, 0.3) is 0 Å². The molecule has 3 heteroatoms. The third-order valence-electron chi connectivity index (χ3n) is 4.38. The number of hydrogen-bond donors (Lipinski definition) is 2. The van der Waals surface area contributed by atoms with Crippen LogP contribution in [0.5, 0.6) is 5.75 Å². The molecule has 0 saturated heterocycles. The second-order valence-corrected chi connectivity index (χ2v) is 6.26. The van der Waals surface area contributed by atoms with Crippen LogP contribution >= 0.6 is 0 Å². The van der Waals surface area contributed by atoms with Crippen LogP contribution in [0.1, 0.15) is 38.7 Å². The van der Waals surface area contributed by atoms with E-state index in [0.717, 1.165) is 25.4 Å². The second kappa shape index (κ2) is 7.09. The number of hydrogen-bond acceptors (Lipinski definition) is 3. The molecule has 1 fully saturated rings. The van der Waals surface area contributed by atoms with Crippen molar-refractivity contribution in [2.45, 2.75) is 57.7 Å². The minimum atomic E-state index is 0.344. The Hall–Kier alpha value is -1.06. The molecule has 0 radical (unpaired) electrons. The van der Waals surface area contributed by atoms with Gasteiger partial charge in [0.2, 0.25) is 0 Å². The number of likely N-dealkylation sites (N-methyl/N-ethyl adjacent to an activating group) is 1. The predicted octanol–water partition coefficient (Wildman–Crippen LogP) is 2.79. The van der Waals surface area contributed by atoms with E-state index in [0.29, 0.717) is 17.8 Å². The summed E-state index contributed by atoms with van der Waals surface area (Å²) in [6.07, 6.45) is 4.93. The molecular formula is C17H28N2O. The third-order valence-corrected chi connectivity index (χ3v) is 4.38. The summed E-state index contributed by atoms with van der Waals surface area (Å²) in [5.74, 6) is 0.344. The fourth-order valence-electron chi connectivity index (χ4n) is 2.51. The zero-order valence-corrected chi connectivity index (χ0v) is 13.0. The number of aryl methyl sites for hydroxylation is 1. The largest absolute Gasteiger partial charge is 0.508 e. The highest BCUT2D eigenvalue weighted by Crippen LogP contribution is 2.26. The quantitative estimate of drug-likeness (QED) is 0.766. The van der Waals surface area contributed by atoms with E-state index in [1.807, 2.05) is 12.1 Å². The van der Waals surface area contributed by atoms with Crippen LogP contribution in [0.3, 0.4) is 0 Å².